The highest BCUT2D eigenvalue weighted by atomic mass is 19.4. The molecule has 0 spiro atoms. The van der Waals surface area contributed by atoms with Crippen LogP contribution in [0, 0.1) is 5.41 Å². The van der Waals surface area contributed by atoms with Crippen LogP contribution in [0.3, 0.4) is 0 Å². The van der Waals surface area contributed by atoms with Crippen LogP contribution in [-0.2, 0) is 17.3 Å². The van der Waals surface area contributed by atoms with Gasteiger partial charge in [-0.2, -0.15) is 13.2 Å². The van der Waals surface area contributed by atoms with E-state index in [4.69, 9.17) is 4.74 Å². The molecule has 2 fully saturated rings. The van der Waals surface area contributed by atoms with E-state index in [0.29, 0.717) is 57.4 Å². The maximum Gasteiger partial charge on any atom is 0.416 e. The quantitative estimate of drug-likeness (QED) is 0.325. The van der Waals surface area contributed by atoms with Crippen molar-refractivity contribution >= 4 is 5.78 Å². The van der Waals surface area contributed by atoms with E-state index in [-0.39, 0.29) is 11.5 Å². The van der Waals surface area contributed by atoms with Gasteiger partial charge < -0.3 is 14.9 Å². The predicted molar refractivity (Wildman–Crippen MR) is 156 cm³/mol. The number of halogens is 3. The minimum Gasteiger partial charge on any atom is -0.393 e. The van der Waals surface area contributed by atoms with Crippen LogP contribution in [0.5, 0.6) is 0 Å². The van der Waals surface area contributed by atoms with E-state index in [1.807, 2.05) is 12.1 Å². The third-order valence-electron chi connectivity index (χ3n) is 9.96. The van der Waals surface area contributed by atoms with Crippen molar-refractivity contribution in [3.8, 4) is 0 Å². The normalized spacial score (nSPS) is 29.5. The summed E-state index contributed by atoms with van der Waals surface area (Å²) in [4.78, 5) is 16.3. The van der Waals surface area contributed by atoms with Gasteiger partial charge in [-0.1, -0.05) is 42.8 Å². The van der Waals surface area contributed by atoms with Gasteiger partial charge in [-0.3, -0.25) is 9.69 Å². The average Bonchev–Trinajstić information content (AvgIpc) is 3.20. The van der Waals surface area contributed by atoms with Crippen molar-refractivity contribution in [1.82, 2.24) is 4.90 Å². The highest BCUT2D eigenvalue weighted by molar-refractivity contribution is 6.10. The number of aliphatic hydroxyl groups excluding tert-OH is 1. The lowest BCUT2D eigenvalue weighted by Crippen LogP contribution is -2.54. The lowest BCUT2D eigenvalue weighted by molar-refractivity contribution is -0.137. The molecule has 0 amide bonds. The fourth-order valence-electron chi connectivity index (χ4n) is 7.32. The number of alkyl halides is 3. The van der Waals surface area contributed by atoms with Crippen LogP contribution in [0.1, 0.15) is 90.9 Å². The molecule has 0 unspecified atom stereocenters. The molecular formula is C34H42F3NO4. The number of hydrogen-bond donors (Lipinski definition) is 2. The summed E-state index contributed by atoms with van der Waals surface area (Å²) in [5.41, 5.74) is 0.598. The third kappa shape index (κ3) is 6.37. The number of nitrogens with zero attached hydrogens (tertiary/aromatic N) is 1. The number of carbonyl (C=O) groups is 1. The number of hydrogen-bond acceptors (Lipinski definition) is 5. The number of ether oxygens (including phenoxy) is 1. The minimum absolute atomic E-state index is 0.0215. The monoisotopic (exact) mass is 585 g/mol. The summed E-state index contributed by atoms with van der Waals surface area (Å²) in [6.07, 6.45) is 1.35. The van der Waals surface area contributed by atoms with Crippen molar-refractivity contribution in [2.45, 2.75) is 82.6 Å². The van der Waals surface area contributed by atoms with Crippen LogP contribution in [0.2, 0.25) is 0 Å². The molecule has 2 bridgehead atoms. The van der Waals surface area contributed by atoms with Crippen LogP contribution in [0.15, 0.2) is 54.1 Å². The molecule has 5 nitrogen and oxygen atoms in total. The molecule has 1 heterocycles. The molecular weight excluding hydrogens is 543 g/mol. The SMILES string of the molecule is CC1=CCC[C@@]2(C)[C@@H](CC[C@@]2(O)CN2CCOCC2)c2ccc(cc2C(=O)c2cccc(C(F)(F)F)c2)C[C@@H](O)CC1. The number of fused-ring (bicyclic) bond motifs is 8. The highest BCUT2D eigenvalue weighted by Crippen LogP contribution is 2.59. The van der Waals surface area contributed by atoms with Crippen LogP contribution < -0.4 is 0 Å². The largest absolute Gasteiger partial charge is 0.416 e. The van der Waals surface area contributed by atoms with Gasteiger partial charge in [0.25, 0.3) is 0 Å². The maximum absolute atomic E-state index is 14.0. The molecule has 4 atom stereocenters. The van der Waals surface area contributed by atoms with E-state index in [1.54, 1.807) is 6.07 Å². The Morgan fingerprint density at radius 3 is 2.60 bits per heavy atom. The summed E-state index contributed by atoms with van der Waals surface area (Å²) in [7, 11) is 0. The number of morpholine rings is 1. The smallest absolute Gasteiger partial charge is 0.393 e. The summed E-state index contributed by atoms with van der Waals surface area (Å²) in [6.45, 7) is 7.45. The Hall–Kier alpha value is -2.52. The Kier molecular flexibility index (Phi) is 9.00. The summed E-state index contributed by atoms with van der Waals surface area (Å²) in [5, 5.41) is 23.2. The second-order valence-corrected chi connectivity index (χ2v) is 12.7. The van der Waals surface area contributed by atoms with Crippen molar-refractivity contribution in [1.29, 1.82) is 0 Å². The first-order valence-corrected chi connectivity index (χ1v) is 15.1. The Bertz CT molecular complexity index is 1320. The van der Waals surface area contributed by atoms with Crippen molar-refractivity contribution in [3.05, 3.63) is 81.9 Å². The maximum atomic E-state index is 14.0. The lowest BCUT2D eigenvalue weighted by atomic mass is 9.64. The van der Waals surface area contributed by atoms with Crippen molar-refractivity contribution in [2.24, 2.45) is 5.41 Å². The van der Waals surface area contributed by atoms with Crippen LogP contribution in [0.25, 0.3) is 0 Å². The zero-order valence-corrected chi connectivity index (χ0v) is 24.6. The molecule has 2 aromatic carbocycles. The second kappa shape index (κ2) is 12.2. The summed E-state index contributed by atoms with van der Waals surface area (Å²) >= 11 is 0. The van der Waals surface area contributed by atoms with E-state index < -0.39 is 34.6 Å². The predicted octanol–water partition coefficient (Wildman–Crippen LogP) is 6.31. The van der Waals surface area contributed by atoms with Gasteiger partial charge in [0.1, 0.15) is 0 Å². The Morgan fingerprint density at radius 1 is 1.10 bits per heavy atom. The molecule has 2 N–H and O–H groups in total. The van der Waals surface area contributed by atoms with Crippen LogP contribution >= 0.6 is 0 Å². The van der Waals surface area contributed by atoms with E-state index in [1.165, 1.54) is 17.7 Å². The molecule has 1 saturated carbocycles. The molecule has 1 aliphatic heterocycles. The molecule has 0 radical (unpaired) electrons. The number of ketones is 1. The van der Waals surface area contributed by atoms with E-state index in [9.17, 15) is 28.2 Å². The number of aliphatic hydroxyl groups is 2. The van der Waals surface area contributed by atoms with Gasteiger partial charge in [0.15, 0.2) is 5.78 Å². The number of rotatable bonds is 4. The van der Waals surface area contributed by atoms with Crippen molar-refractivity contribution < 1.29 is 32.9 Å². The number of β-amino-alcohol motifs (C(OH)–C–C–N with tert-alkyl or cyclic N) is 1. The minimum atomic E-state index is -4.56. The lowest BCUT2D eigenvalue weighted by Gasteiger charge is -2.46. The summed E-state index contributed by atoms with van der Waals surface area (Å²) in [5.74, 6) is -0.648. The highest BCUT2D eigenvalue weighted by Gasteiger charge is 2.57. The van der Waals surface area contributed by atoms with E-state index >= 15 is 0 Å². The van der Waals surface area contributed by atoms with E-state index in [0.717, 1.165) is 49.2 Å². The molecule has 4 aliphatic rings. The number of carbonyl (C=O) groups excluding carboxylic acids is 1. The molecule has 228 valence electrons. The van der Waals surface area contributed by atoms with Gasteiger partial charge in [-0.25, -0.2) is 0 Å². The number of allylic oxidation sites excluding steroid dienone is 2. The standard InChI is InChI=1S/C34H42F3NO4/c1-23-5-4-13-32(2)30(12-14-33(32,41)22-38-15-17-42-18-16-38)28-11-9-24(19-27(39)10-8-23)20-29(28)31(40)25-6-3-7-26(21-25)34(35,36)37/h3,5-7,9,11,20-21,27,30,39,41H,4,8,10,12-19,22H2,1-2H3/t27-,30-,32-,33+/m0/s1. The van der Waals surface area contributed by atoms with Gasteiger partial charge >= 0.3 is 6.18 Å². The van der Waals surface area contributed by atoms with Gasteiger partial charge in [0.2, 0.25) is 0 Å². The zero-order chi connectivity index (χ0) is 30.1. The first-order valence-electron chi connectivity index (χ1n) is 15.1. The zero-order valence-electron chi connectivity index (χ0n) is 24.6. The topological polar surface area (TPSA) is 70.0 Å². The average molecular weight is 586 g/mol. The van der Waals surface area contributed by atoms with Gasteiger partial charge in [-0.05, 0) is 87.1 Å². The van der Waals surface area contributed by atoms with Crippen molar-refractivity contribution in [3.63, 3.8) is 0 Å². The summed E-state index contributed by atoms with van der Waals surface area (Å²) < 4.78 is 46.2. The first kappa shape index (κ1) is 30.9. The van der Waals surface area contributed by atoms with Crippen LogP contribution in [-0.4, -0.2) is 65.4 Å². The molecule has 8 heteroatoms. The molecule has 42 heavy (non-hydrogen) atoms. The first-order chi connectivity index (χ1) is 19.9. The molecule has 2 aromatic rings. The molecule has 6 rings (SSSR count). The van der Waals surface area contributed by atoms with Gasteiger partial charge in [0, 0.05) is 36.2 Å². The molecule has 3 aliphatic carbocycles. The molecule has 1 saturated heterocycles. The van der Waals surface area contributed by atoms with Gasteiger partial charge in [-0.15, -0.1) is 0 Å². The fraction of sp³-hybridized carbons (Fsp3) is 0.559. The Morgan fingerprint density at radius 2 is 1.86 bits per heavy atom. The van der Waals surface area contributed by atoms with E-state index in [2.05, 4.69) is 24.8 Å². The molecule has 0 aromatic heterocycles. The second-order valence-electron chi connectivity index (χ2n) is 12.7. The number of benzene rings is 2. The fourth-order valence-corrected chi connectivity index (χ4v) is 7.32. The van der Waals surface area contributed by atoms with Gasteiger partial charge in [0.05, 0.1) is 30.5 Å². The Labute approximate surface area is 246 Å². The third-order valence-corrected chi connectivity index (χ3v) is 9.96. The Balaban J connectivity index is 1.60. The van der Waals surface area contributed by atoms with Crippen molar-refractivity contribution in [2.75, 3.05) is 32.8 Å². The summed E-state index contributed by atoms with van der Waals surface area (Å²) in [6, 6.07) is 10.2. The van der Waals surface area contributed by atoms with Crippen LogP contribution in [0.4, 0.5) is 13.2 Å².